The van der Waals surface area contributed by atoms with Gasteiger partial charge in [0.15, 0.2) is 0 Å². The Morgan fingerprint density at radius 2 is 0.821 bits per heavy atom. The first-order chi connectivity index (χ1) is 27.2. The summed E-state index contributed by atoms with van der Waals surface area (Å²) in [6, 6.07) is 33.7. The maximum atomic E-state index is 12.7. The number of urea groups is 2. The van der Waals surface area contributed by atoms with Gasteiger partial charge in [0.25, 0.3) is 0 Å². The van der Waals surface area contributed by atoms with Crippen LogP contribution < -0.4 is 0 Å². The van der Waals surface area contributed by atoms with E-state index in [-0.39, 0.29) is 12.1 Å². The number of nitrogens with zero attached hydrogens (tertiary/aromatic N) is 6. The minimum atomic E-state index is -0.520. The fourth-order valence-electron chi connectivity index (χ4n) is 8.37. The van der Waals surface area contributed by atoms with Crippen LogP contribution in [0.5, 0.6) is 0 Å². The van der Waals surface area contributed by atoms with Crippen molar-refractivity contribution in [2.45, 2.75) is 65.1 Å². The second-order valence-corrected chi connectivity index (χ2v) is 16.1. The Balaban J connectivity index is 0.000000172. The summed E-state index contributed by atoms with van der Waals surface area (Å²) in [6.07, 6.45) is 1.01. The number of amides is 4. The van der Waals surface area contributed by atoms with Gasteiger partial charge in [0.1, 0.15) is 0 Å². The SMILES string of the molecule is Cc1ccc(CN2CCN(CC(O)CN3CCc4ccccc4C3)C2=O)cc1.Cc1ccc(CN2CCN(CC(O)CN3CCc4ccccc4C3)C2=O)cc1. The zero-order valence-corrected chi connectivity index (χ0v) is 33.1. The van der Waals surface area contributed by atoms with Gasteiger partial charge in [0, 0.05) is 91.6 Å². The molecule has 10 heteroatoms. The number of hydrogen-bond donors (Lipinski definition) is 2. The van der Waals surface area contributed by atoms with E-state index in [0.29, 0.717) is 52.4 Å². The molecule has 2 fully saturated rings. The number of carbonyl (C=O) groups is 2. The molecule has 8 rings (SSSR count). The summed E-state index contributed by atoms with van der Waals surface area (Å²) in [6.45, 7) is 13.9. The molecular formula is C46H58N6O4. The fourth-order valence-corrected chi connectivity index (χ4v) is 8.37. The van der Waals surface area contributed by atoms with Crippen molar-refractivity contribution in [1.29, 1.82) is 0 Å². The Morgan fingerprint density at radius 3 is 1.21 bits per heavy atom. The number of fused-ring (bicyclic) bond motifs is 2. The van der Waals surface area contributed by atoms with Gasteiger partial charge in [-0.3, -0.25) is 9.80 Å². The van der Waals surface area contributed by atoms with E-state index in [0.717, 1.165) is 63.2 Å². The van der Waals surface area contributed by atoms with Crippen molar-refractivity contribution in [3.05, 3.63) is 142 Å². The van der Waals surface area contributed by atoms with E-state index < -0.39 is 12.2 Å². The number of carbonyl (C=O) groups excluding carboxylic acids is 2. The first-order valence-electron chi connectivity index (χ1n) is 20.3. The highest BCUT2D eigenvalue weighted by Gasteiger charge is 2.32. The monoisotopic (exact) mass is 758 g/mol. The summed E-state index contributed by atoms with van der Waals surface area (Å²) in [5.41, 5.74) is 10.3. The normalized spacial score (nSPS) is 18.4. The van der Waals surface area contributed by atoms with Crippen molar-refractivity contribution < 1.29 is 19.8 Å². The highest BCUT2D eigenvalue weighted by atomic mass is 16.3. The van der Waals surface area contributed by atoms with Crippen LogP contribution >= 0.6 is 0 Å². The molecule has 0 spiro atoms. The van der Waals surface area contributed by atoms with Crippen LogP contribution in [0.1, 0.15) is 44.5 Å². The van der Waals surface area contributed by atoms with Crippen LogP contribution in [-0.2, 0) is 39.0 Å². The van der Waals surface area contributed by atoms with Gasteiger partial charge in [-0.25, -0.2) is 9.59 Å². The van der Waals surface area contributed by atoms with Gasteiger partial charge in [-0.1, -0.05) is 108 Å². The zero-order valence-electron chi connectivity index (χ0n) is 33.1. The molecule has 4 amide bonds. The first-order valence-corrected chi connectivity index (χ1v) is 20.3. The number of β-amino-alcohol motifs (C(OH)–C–C–N with tert-alkyl or cyclic N) is 2. The number of hydrogen-bond acceptors (Lipinski definition) is 6. The van der Waals surface area contributed by atoms with Crippen LogP contribution in [0, 0.1) is 13.8 Å². The third-order valence-electron chi connectivity index (χ3n) is 11.6. The van der Waals surface area contributed by atoms with Crippen LogP contribution in [0.2, 0.25) is 0 Å². The Morgan fingerprint density at radius 1 is 0.464 bits per heavy atom. The van der Waals surface area contributed by atoms with Gasteiger partial charge < -0.3 is 29.8 Å². The number of aliphatic hydroxyl groups excluding tert-OH is 2. The van der Waals surface area contributed by atoms with Gasteiger partial charge in [0.2, 0.25) is 0 Å². The molecule has 2 N–H and O–H groups in total. The summed E-state index contributed by atoms with van der Waals surface area (Å²) in [7, 11) is 0. The predicted molar refractivity (Wildman–Crippen MR) is 220 cm³/mol. The van der Waals surface area contributed by atoms with Crippen LogP contribution in [0.3, 0.4) is 0 Å². The lowest BCUT2D eigenvalue weighted by Gasteiger charge is -2.31. The summed E-state index contributed by atoms with van der Waals surface area (Å²) in [5, 5.41) is 21.2. The minimum Gasteiger partial charge on any atom is -0.390 e. The molecule has 4 aromatic rings. The van der Waals surface area contributed by atoms with E-state index in [9.17, 15) is 19.8 Å². The summed E-state index contributed by atoms with van der Waals surface area (Å²) >= 11 is 0. The highest BCUT2D eigenvalue weighted by molar-refractivity contribution is 5.77. The van der Waals surface area contributed by atoms with Gasteiger partial charge in [-0.2, -0.15) is 0 Å². The van der Waals surface area contributed by atoms with Gasteiger partial charge in [-0.05, 0) is 60.1 Å². The summed E-state index contributed by atoms with van der Waals surface area (Å²) in [5.74, 6) is 0. The molecule has 4 aromatic carbocycles. The Kier molecular flexibility index (Phi) is 13.0. The molecule has 0 aliphatic carbocycles. The van der Waals surface area contributed by atoms with Gasteiger partial charge in [-0.15, -0.1) is 0 Å². The van der Waals surface area contributed by atoms with Crippen molar-refractivity contribution in [2.75, 3.05) is 65.4 Å². The van der Waals surface area contributed by atoms with Crippen molar-refractivity contribution >= 4 is 12.1 Å². The standard InChI is InChI=1S/2C23H29N3O2/c2*1-18-6-8-19(9-7-18)14-25-12-13-26(23(25)28)17-22(27)16-24-11-10-20-4-2-3-5-21(20)15-24/h2*2-9,22,27H,10-17H2,1H3. The molecule has 10 nitrogen and oxygen atoms in total. The van der Waals surface area contributed by atoms with Crippen LogP contribution in [-0.4, -0.2) is 129 Å². The van der Waals surface area contributed by atoms with Crippen LogP contribution in [0.25, 0.3) is 0 Å². The van der Waals surface area contributed by atoms with Crippen molar-refractivity contribution in [1.82, 2.24) is 29.4 Å². The topological polar surface area (TPSA) is 94.0 Å². The average Bonchev–Trinajstić information content (AvgIpc) is 3.72. The number of rotatable bonds is 12. The van der Waals surface area contributed by atoms with Crippen LogP contribution in [0.15, 0.2) is 97.1 Å². The Labute approximate surface area is 332 Å². The summed E-state index contributed by atoms with van der Waals surface area (Å²) in [4.78, 5) is 37.3. The molecule has 0 aromatic heterocycles. The molecule has 2 unspecified atom stereocenters. The lowest BCUT2D eigenvalue weighted by molar-refractivity contribution is 0.0811. The second-order valence-electron chi connectivity index (χ2n) is 16.1. The van der Waals surface area contributed by atoms with E-state index >= 15 is 0 Å². The minimum absolute atomic E-state index is 0.0311. The van der Waals surface area contributed by atoms with E-state index in [1.807, 2.05) is 9.80 Å². The smallest absolute Gasteiger partial charge is 0.320 e. The third kappa shape index (κ3) is 10.4. The lowest BCUT2D eigenvalue weighted by Crippen LogP contribution is -2.43. The van der Waals surface area contributed by atoms with Gasteiger partial charge in [0.05, 0.1) is 12.2 Å². The van der Waals surface area contributed by atoms with Crippen molar-refractivity contribution in [3.8, 4) is 0 Å². The largest absolute Gasteiger partial charge is 0.390 e. The van der Waals surface area contributed by atoms with E-state index in [1.165, 1.54) is 33.4 Å². The number of aliphatic hydroxyl groups is 2. The maximum absolute atomic E-state index is 12.7. The van der Waals surface area contributed by atoms with Crippen molar-refractivity contribution in [2.24, 2.45) is 0 Å². The molecular weight excluding hydrogens is 701 g/mol. The highest BCUT2D eigenvalue weighted by Crippen LogP contribution is 2.21. The quantitative estimate of drug-likeness (QED) is 0.204. The zero-order chi connectivity index (χ0) is 39.0. The predicted octanol–water partition coefficient (Wildman–Crippen LogP) is 5.30. The molecule has 2 atom stereocenters. The molecule has 56 heavy (non-hydrogen) atoms. The van der Waals surface area contributed by atoms with E-state index in [1.54, 1.807) is 9.80 Å². The van der Waals surface area contributed by atoms with Crippen molar-refractivity contribution in [3.63, 3.8) is 0 Å². The Hall–Kier alpha value is -4.74. The Bertz CT molecular complexity index is 1780. The van der Waals surface area contributed by atoms with Gasteiger partial charge >= 0.3 is 12.1 Å². The maximum Gasteiger partial charge on any atom is 0.320 e. The summed E-state index contributed by atoms with van der Waals surface area (Å²) < 4.78 is 0. The molecule has 4 aliphatic heterocycles. The third-order valence-corrected chi connectivity index (χ3v) is 11.6. The van der Waals surface area contributed by atoms with E-state index in [4.69, 9.17) is 0 Å². The lowest BCUT2D eigenvalue weighted by atomic mass is 10.00. The molecule has 4 heterocycles. The molecule has 0 saturated carbocycles. The first kappa shape index (κ1) is 39.5. The molecule has 296 valence electrons. The second kappa shape index (κ2) is 18.5. The average molecular weight is 759 g/mol. The molecule has 0 radical (unpaired) electrons. The molecule has 2 saturated heterocycles. The molecule has 0 bridgehead atoms. The van der Waals surface area contributed by atoms with E-state index in [2.05, 4.69) is 121 Å². The molecule has 4 aliphatic rings. The fraction of sp³-hybridized carbons (Fsp3) is 0.435. The number of aryl methyl sites for hydroxylation is 2. The number of benzene rings is 4. The van der Waals surface area contributed by atoms with Crippen LogP contribution in [0.4, 0.5) is 9.59 Å².